The van der Waals surface area contributed by atoms with Crippen LogP contribution in [0.5, 0.6) is 0 Å². The van der Waals surface area contributed by atoms with Crippen LogP contribution in [0.15, 0.2) is 0 Å². The van der Waals surface area contributed by atoms with E-state index < -0.39 is 30.7 Å². The summed E-state index contributed by atoms with van der Waals surface area (Å²) in [6.07, 6.45) is 1.25. The number of hydrogen-bond acceptors (Lipinski definition) is 4. The van der Waals surface area contributed by atoms with Crippen molar-refractivity contribution in [2.24, 2.45) is 5.92 Å². The minimum Gasteiger partial charge on any atom is -0.444 e. The lowest BCUT2D eigenvalue weighted by Gasteiger charge is -2.24. The first-order valence-electron chi connectivity index (χ1n) is 7.20. The molecule has 0 aromatic carbocycles. The maximum atomic E-state index is 13.7. The van der Waals surface area contributed by atoms with E-state index in [0.717, 1.165) is 12.8 Å². The van der Waals surface area contributed by atoms with Crippen molar-refractivity contribution in [3.8, 4) is 0 Å². The van der Waals surface area contributed by atoms with Crippen molar-refractivity contribution >= 4 is 6.09 Å². The van der Waals surface area contributed by atoms with Crippen LogP contribution in [-0.4, -0.2) is 50.5 Å². The zero-order chi connectivity index (χ0) is 16.1. The smallest absolute Gasteiger partial charge is 0.407 e. The molecule has 0 radical (unpaired) electrons. The second-order valence-electron chi connectivity index (χ2n) is 6.49. The fraction of sp³-hybridized carbons (Fsp3) is 0.929. The Bertz CT molecular complexity index is 342. The van der Waals surface area contributed by atoms with Crippen molar-refractivity contribution in [3.05, 3.63) is 0 Å². The molecule has 0 aromatic heterocycles. The molecular formula is C14H26F2N2O3. The molecule has 1 aliphatic rings. The number of alkyl halides is 2. The predicted molar refractivity (Wildman–Crippen MR) is 75.6 cm³/mol. The molecule has 1 unspecified atom stereocenters. The molecule has 0 spiro atoms. The molecule has 21 heavy (non-hydrogen) atoms. The van der Waals surface area contributed by atoms with E-state index in [1.54, 1.807) is 27.9 Å². The van der Waals surface area contributed by atoms with E-state index in [4.69, 9.17) is 9.47 Å². The van der Waals surface area contributed by atoms with Crippen molar-refractivity contribution in [1.82, 2.24) is 10.6 Å². The Morgan fingerprint density at radius 2 is 1.90 bits per heavy atom. The summed E-state index contributed by atoms with van der Waals surface area (Å²) in [5.41, 5.74) is -0.701. The number of carbonyl (C=O) groups is 1. The summed E-state index contributed by atoms with van der Waals surface area (Å²) in [5.74, 6) is -2.61. The van der Waals surface area contributed by atoms with E-state index in [9.17, 15) is 13.6 Å². The van der Waals surface area contributed by atoms with Crippen LogP contribution in [-0.2, 0) is 9.47 Å². The Kier molecular flexibility index (Phi) is 6.34. The summed E-state index contributed by atoms with van der Waals surface area (Å²) < 4.78 is 37.4. The highest BCUT2D eigenvalue weighted by atomic mass is 19.3. The third-order valence-corrected chi connectivity index (χ3v) is 3.05. The summed E-state index contributed by atoms with van der Waals surface area (Å²) in [5, 5.41) is 4.93. The molecule has 0 heterocycles. The highest BCUT2D eigenvalue weighted by Gasteiger charge is 2.35. The van der Waals surface area contributed by atoms with Crippen molar-refractivity contribution in [3.63, 3.8) is 0 Å². The zero-order valence-electron chi connectivity index (χ0n) is 13.2. The molecule has 1 amide bonds. The van der Waals surface area contributed by atoms with Gasteiger partial charge in [-0.2, -0.15) is 0 Å². The lowest BCUT2D eigenvalue weighted by molar-refractivity contribution is -0.00839. The Morgan fingerprint density at radius 1 is 1.29 bits per heavy atom. The van der Waals surface area contributed by atoms with Crippen LogP contribution in [0, 0.1) is 5.92 Å². The van der Waals surface area contributed by atoms with Crippen LogP contribution >= 0.6 is 0 Å². The minimum absolute atomic E-state index is 0.0533. The molecule has 124 valence electrons. The maximum absolute atomic E-state index is 13.7. The Morgan fingerprint density at radius 3 is 2.38 bits per heavy atom. The molecule has 0 bridgehead atoms. The molecule has 0 saturated heterocycles. The lowest BCUT2D eigenvalue weighted by atomic mass is 10.2. The predicted octanol–water partition coefficient (Wildman–Crippen LogP) is 2.16. The molecule has 5 nitrogen and oxygen atoms in total. The van der Waals surface area contributed by atoms with Gasteiger partial charge in [0, 0.05) is 13.2 Å². The summed E-state index contributed by atoms with van der Waals surface area (Å²) in [6.45, 7) is 4.21. The van der Waals surface area contributed by atoms with Crippen LogP contribution in [0.2, 0.25) is 0 Å². The molecule has 1 saturated carbocycles. The standard InChI is InChI=1S/C14H26F2N2O3/c1-13(2,3)21-12(19)18-9-14(15,16)8-17-11(7-20-4)10-5-6-10/h10-11,17H,5-9H2,1-4H3,(H,18,19). The second-order valence-corrected chi connectivity index (χ2v) is 6.49. The van der Waals surface area contributed by atoms with Crippen molar-refractivity contribution < 1.29 is 23.0 Å². The Balaban J connectivity index is 2.30. The van der Waals surface area contributed by atoms with Gasteiger partial charge in [0.25, 0.3) is 5.92 Å². The van der Waals surface area contributed by atoms with Crippen LogP contribution < -0.4 is 10.6 Å². The van der Waals surface area contributed by atoms with E-state index in [1.807, 2.05) is 0 Å². The van der Waals surface area contributed by atoms with Gasteiger partial charge in [0.15, 0.2) is 0 Å². The number of alkyl carbamates (subject to hydrolysis) is 1. The Hall–Kier alpha value is -0.950. The average molecular weight is 308 g/mol. The first-order valence-corrected chi connectivity index (χ1v) is 7.20. The third kappa shape index (κ3) is 8.16. The number of ether oxygens (including phenoxy) is 2. The summed E-state index contributed by atoms with van der Waals surface area (Å²) in [6, 6.07) is -0.0533. The van der Waals surface area contributed by atoms with E-state index >= 15 is 0 Å². The maximum Gasteiger partial charge on any atom is 0.407 e. The largest absolute Gasteiger partial charge is 0.444 e. The fourth-order valence-electron chi connectivity index (χ4n) is 1.90. The van der Waals surface area contributed by atoms with Crippen molar-refractivity contribution in [1.29, 1.82) is 0 Å². The summed E-state index contributed by atoms with van der Waals surface area (Å²) in [7, 11) is 1.55. The first kappa shape index (κ1) is 18.1. The van der Waals surface area contributed by atoms with Gasteiger partial charge >= 0.3 is 6.09 Å². The zero-order valence-corrected chi connectivity index (χ0v) is 13.2. The van der Waals surface area contributed by atoms with Crippen LogP contribution in [0.4, 0.5) is 13.6 Å². The molecular weight excluding hydrogens is 282 g/mol. The van der Waals surface area contributed by atoms with Gasteiger partial charge in [0.05, 0.1) is 19.7 Å². The van der Waals surface area contributed by atoms with Gasteiger partial charge in [-0.25, -0.2) is 13.6 Å². The van der Waals surface area contributed by atoms with Crippen LogP contribution in [0.25, 0.3) is 0 Å². The fourth-order valence-corrected chi connectivity index (χ4v) is 1.90. The van der Waals surface area contributed by atoms with E-state index in [0.29, 0.717) is 12.5 Å². The molecule has 2 N–H and O–H groups in total. The normalized spacial score (nSPS) is 17.4. The first-order chi connectivity index (χ1) is 9.63. The number of halogens is 2. The minimum atomic E-state index is -3.03. The van der Waals surface area contributed by atoms with Gasteiger partial charge in [-0.15, -0.1) is 0 Å². The molecule has 1 rings (SSSR count). The van der Waals surface area contributed by atoms with Gasteiger partial charge in [0.2, 0.25) is 0 Å². The highest BCUT2D eigenvalue weighted by Crippen LogP contribution is 2.33. The molecule has 7 heteroatoms. The van der Waals surface area contributed by atoms with Crippen molar-refractivity contribution in [2.45, 2.75) is 51.2 Å². The van der Waals surface area contributed by atoms with Gasteiger partial charge in [-0.1, -0.05) is 0 Å². The van der Waals surface area contributed by atoms with E-state index in [2.05, 4.69) is 10.6 Å². The number of nitrogens with one attached hydrogen (secondary N) is 2. The van der Waals surface area contributed by atoms with E-state index in [1.165, 1.54) is 0 Å². The molecule has 1 aliphatic carbocycles. The monoisotopic (exact) mass is 308 g/mol. The number of amides is 1. The van der Waals surface area contributed by atoms with Gasteiger partial charge < -0.3 is 20.1 Å². The van der Waals surface area contributed by atoms with Crippen LogP contribution in [0.3, 0.4) is 0 Å². The quantitative estimate of drug-likeness (QED) is 0.721. The Labute approximate surface area is 124 Å². The van der Waals surface area contributed by atoms with Gasteiger partial charge in [-0.3, -0.25) is 0 Å². The highest BCUT2D eigenvalue weighted by molar-refractivity contribution is 5.67. The summed E-state index contributed by atoms with van der Waals surface area (Å²) >= 11 is 0. The topological polar surface area (TPSA) is 59.6 Å². The molecule has 0 aliphatic heterocycles. The lowest BCUT2D eigenvalue weighted by Crippen LogP contribution is -2.48. The third-order valence-electron chi connectivity index (χ3n) is 3.05. The number of hydrogen-bond donors (Lipinski definition) is 2. The molecule has 1 atom stereocenters. The number of rotatable bonds is 8. The summed E-state index contributed by atoms with van der Waals surface area (Å²) in [4.78, 5) is 11.4. The number of methoxy groups -OCH3 is 1. The average Bonchev–Trinajstić information content (AvgIpc) is 3.14. The van der Waals surface area contributed by atoms with Crippen molar-refractivity contribution in [2.75, 3.05) is 26.8 Å². The number of carbonyl (C=O) groups excluding carboxylic acids is 1. The van der Waals surface area contributed by atoms with Gasteiger partial charge in [-0.05, 0) is 39.5 Å². The SMILES string of the molecule is COCC(NCC(F)(F)CNC(=O)OC(C)(C)C)C1CC1. The molecule has 0 aromatic rings. The van der Waals surface area contributed by atoms with Gasteiger partial charge in [0.1, 0.15) is 5.60 Å². The molecule has 1 fully saturated rings. The second kappa shape index (κ2) is 7.35. The van der Waals surface area contributed by atoms with Crippen LogP contribution in [0.1, 0.15) is 33.6 Å². The van der Waals surface area contributed by atoms with E-state index in [-0.39, 0.29) is 6.04 Å².